The molecule has 6 heteroatoms. The average Bonchev–Trinajstić information content (AvgIpc) is 2.87. The smallest absolute Gasteiger partial charge is 0.317 e. The van der Waals surface area contributed by atoms with Crippen LogP contribution >= 0.6 is 0 Å². The molecule has 2 aliphatic heterocycles. The van der Waals surface area contributed by atoms with Crippen molar-refractivity contribution in [3.05, 3.63) is 0 Å². The van der Waals surface area contributed by atoms with E-state index in [-0.39, 0.29) is 11.4 Å². The van der Waals surface area contributed by atoms with E-state index in [9.17, 15) is 9.59 Å². The maximum Gasteiger partial charge on any atom is 0.317 e. The highest BCUT2D eigenvalue weighted by atomic mass is 16.5. The number of carbonyl (C=O) groups is 2. The van der Waals surface area contributed by atoms with Crippen LogP contribution in [-0.2, 0) is 9.53 Å². The molecule has 0 spiro atoms. The van der Waals surface area contributed by atoms with Crippen molar-refractivity contribution < 1.29 is 19.4 Å². The van der Waals surface area contributed by atoms with Crippen LogP contribution in [0.2, 0.25) is 0 Å². The number of carboxylic acid groups (broad SMARTS) is 1. The first-order chi connectivity index (χ1) is 9.00. The zero-order valence-electron chi connectivity index (χ0n) is 11.4. The third-order valence-corrected chi connectivity index (χ3v) is 4.19. The zero-order chi connectivity index (χ0) is 13.9. The molecule has 1 unspecified atom stereocenters. The van der Waals surface area contributed by atoms with Gasteiger partial charge in [0.15, 0.2) is 0 Å². The van der Waals surface area contributed by atoms with E-state index in [0.29, 0.717) is 26.1 Å². The third-order valence-electron chi connectivity index (χ3n) is 4.19. The van der Waals surface area contributed by atoms with E-state index in [0.717, 1.165) is 26.1 Å². The van der Waals surface area contributed by atoms with Crippen LogP contribution in [0.3, 0.4) is 0 Å². The van der Waals surface area contributed by atoms with Crippen LogP contribution in [0.4, 0.5) is 4.79 Å². The number of amides is 2. The second-order valence-corrected chi connectivity index (χ2v) is 5.85. The minimum atomic E-state index is -0.813. The van der Waals surface area contributed by atoms with Gasteiger partial charge >= 0.3 is 12.0 Å². The lowest BCUT2D eigenvalue weighted by Crippen LogP contribution is -2.45. The molecule has 0 bridgehead atoms. The molecule has 2 N–H and O–H groups in total. The van der Waals surface area contributed by atoms with E-state index in [1.165, 1.54) is 0 Å². The Labute approximate surface area is 113 Å². The van der Waals surface area contributed by atoms with Gasteiger partial charge in [-0.3, -0.25) is 4.79 Å². The Morgan fingerprint density at radius 2 is 2.11 bits per heavy atom. The molecule has 2 heterocycles. The molecular formula is C13H22N2O4. The number of carbonyl (C=O) groups excluding carboxylic acids is 1. The van der Waals surface area contributed by atoms with Crippen LogP contribution < -0.4 is 5.32 Å². The molecule has 2 saturated heterocycles. The van der Waals surface area contributed by atoms with Gasteiger partial charge in [0.25, 0.3) is 0 Å². The van der Waals surface area contributed by atoms with Gasteiger partial charge in [-0.1, -0.05) is 6.92 Å². The topological polar surface area (TPSA) is 78.9 Å². The lowest BCUT2D eigenvalue weighted by Gasteiger charge is -2.34. The second-order valence-electron chi connectivity index (χ2n) is 5.85. The predicted molar refractivity (Wildman–Crippen MR) is 68.9 cm³/mol. The Hall–Kier alpha value is -1.30. The molecule has 1 atom stereocenters. The largest absolute Gasteiger partial charge is 0.481 e. The lowest BCUT2D eigenvalue weighted by atomic mass is 9.82. The van der Waals surface area contributed by atoms with Crippen molar-refractivity contribution in [2.45, 2.75) is 26.2 Å². The van der Waals surface area contributed by atoms with Crippen molar-refractivity contribution in [2.75, 3.05) is 32.8 Å². The van der Waals surface area contributed by atoms with Crippen molar-refractivity contribution in [2.24, 2.45) is 11.3 Å². The Bertz CT molecular complexity index is 353. The molecular weight excluding hydrogens is 248 g/mol. The van der Waals surface area contributed by atoms with Crippen molar-refractivity contribution in [1.82, 2.24) is 10.2 Å². The van der Waals surface area contributed by atoms with E-state index in [4.69, 9.17) is 9.84 Å². The molecule has 6 nitrogen and oxygen atoms in total. The summed E-state index contributed by atoms with van der Waals surface area (Å²) in [6, 6.07) is -0.142. The zero-order valence-corrected chi connectivity index (χ0v) is 11.4. The Balaban J connectivity index is 1.77. The molecule has 0 aliphatic carbocycles. The number of nitrogens with zero attached hydrogens (tertiary/aromatic N) is 1. The maximum atomic E-state index is 12.0. The SMILES string of the molecule is CC1(CNC(=O)N2CCC(C(=O)O)C2)CCOCC1. The Kier molecular flexibility index (Phi) is 4.29. The number of ether oxygens (including phenoxy) is 1. The first-order valence-electron chi connectivity index (χ1n) is 6.83. The van der Waals surface area contributed by atoms with Crippen LogP contribution in [0.1, 0.15) is 26.2 Å². The summed E-state index contributed by atoms with van der Waals surface area (Å²) < 4.78 is 5.32. The first-order valence-corrected chi connectivity index (χ1v) is 6.83. The summed E-state index contributed by atoms with van der Waals surface area (Å²) >= 11 is 0. The van der Waals surface area contributed by atoms with Crippen molar-refractivity contribution in [3.63, 3.8) is 0 Å². The summed E-state index contributed by atoms with van der Waals surface area (Å²) in [7, 11) is 0. The molecule has 0 saturated carbocycles. The minimum absolute atomic E-state index is 0.0971. The molecule has 0 radical (unpaired) electrons. The van der Waals surface area contributed by atoms with E-state index < -0.39 is 11.9 Å². The summed E-state index contributed by atoms with van der Waals surface area (Å²) in [6.45, 7) is 5.13. The standard InChI is InChI=1S/C13H22N2O4/c1-13(3-6-19-7-4-13)9-14-12(18)15-5-2-10(8-15)11(16)17/h10H,2-9H2,1H3,(H,14,18)(H,16,17). The number of urea groups is 1. The molecule has 2 aliphatic rings. The number of carboxylic acids is 1. The first kappa shape index (κ1) is 14.1. The van der Waals surface area contributed by atoms with Gasteiger partial charge in [0.1, 0.15) is 0 Å². The van der Waals surface area contributed by atoms with E-state index >= 15 is 0 Å². The summed E-state index contributed by atoms with van der Waals surface area (Å²) in [5.41, 5.74) is 0.0971. The van der Waals surface area contributed by atoms with Crippen molar-refractivity contribution >= 4 is 12.0 Å². The van der Waals surface area contributed by atoms with Gasteiger partial charge in [0, 0.05) is 32.8 Å². The molecule has 2 amide bonds. The normalized spacial score (nSPS) is 26.2. The molecule has 2 fully saturated rings. The van der Waals surface area contributed by atoms with Gasteiger partial charge in [0.05, 0.1) is 5.92 Å². The summed E-state index contributed by atoms with van der Waals surface area (Å²) in [6.07, 6.45) is 2.45. The summed E-state index contributed by atoms with van der Waals surface area (Å²) in [5, 5.41) is 11.8. The van der Waals surface area contributed by atoms with Gasteiger partial charge in [-0.15, -0.1) is 0 Å². The number of nitrogens with one attached hydrogen (secondary N) is 1. The molecule has 0 aromatic carbocycles. The minimum Gasteiger partial charge on any atom is -0.481 e. The highest BCUT2D eigenvalue weighted by molar-refractivity contribution is 5.77. The van der Waals surface area contributed by atoms with Gasteiger partial charge in [0.2, 0.25) is 0 Å². The molecule has 0 aromatic rings. The average molecular weight is 270 g/mol. The number of hydrogen-bond donors (Lipinski definition) is 2. The fourth-order valence-electron chi connectivity index (χ4n) is 2.59. The molecule has 19 heavy (non-hydrogen) atoms. The van der Waals surface area contributed by atoms with Gasteiger partial charge in [-0.25, -0.2) is 4.79 Å². The number of rotatable bonds is 3. The number of aliphatic carboxylic acids is 1. The highest BCUT2D eigenvalue weighted by Crippen LogP contribution is 2.28. The summed E-state index contributed by atoms with van der Waals surface area (Å²) in [5.74, 6) is -1.23. The van der Waals surface area contributed by atoms with Crippen LogP contribution in [-0.4, -0.2) is 54.9 Å². The van der Waals surface area contributed by atoms with Gasteiger partial charge < -0.3 is 20.1 Å². The monoisotopic (exact) mass is 270 g/mol. The van der Waals surface area contributed by atoms with Crippen LogP contribution in [0.15, 0.2) is 0 Å². The van der Waals surface area contributed by atoms with Crippen LogP contribution in [0.25, 0.3) is 0 Å². The Morgan fingerprint density at radius 1 is 1.42 bits per heavy atom. The van der Waals surface area contributed by atoms with E-state index in [2.05, 4.69) is 12.2 Å². The maximum absolute atomic E-state index is 12.0. The Morgan fingerprint density at radius 3 is 2.68 bits per heavy atom. The van der Waals surface area contributed by atoms with E-state index in [1.807, 2.05) is 0 Å². The molecule has 0 aromatic heterocycles. The van der Waals surface area contributed by atoms with E-state index in [1.54, 1.807) is 4.90 Å². The van der Waals surface area contributed by atoms with Crippen LogP contribution in [0, 0.1) is 11.3 Å². The lowest BCUT2D eigenvalue weighted by molar-refractivity contribution is -0.141. The summed E-state index contributed by atoms with van der Waals surface area (Å²) in [4.78, 5) is 24.4. The second kappa shape index (κ2) is 5.77. The number of likely N-dealkylation sites (tertiary alicyclic amines) is 1. The predicted octanol–water partition coefficient (Wildman–Crippen LogP) is 0.919. The fraction of sp³-hybridized carbons (Fsp3) is 0.846. The van der Waals surface area contributed by atoms with Gasteiger partial charge in [-0.2, -0.15) is 0 Å². The highest BCUT2D eigenvalue weighted by Gasteiger charge is 2.32. The number of hydrogen-bond acceptors (Lipinski definition) is 3. The molecule has 2 rings (SSSR count). The molecule has 108 valence electrons. The van der Waals surface area contributed by atoms with Crippen LogP contribution in [0.5, 0.6) is 0 Å². The van der Waals surface area contributed by atoms with Gasteiger partial charge in [-0.05, 0) is 24.7 Å². The fourth-order valence-corrected chi connectivity index (χ4v) is 2.59. The third kappa shape index (κ3) is 3.59. The van der Waals surface area contributed by atoms with Crippen molar-refractivity contribution in [3.8, 4) is 0 Å². The van der Waals surface area contributed by atoms with Crippen molar-refractivity contribution in [1.29, 1.82) is 0 Å². The quantitative estimate of drug-likeness (QED) is 0.799.